The predicted molar refractivity (Wildman–Crippen MR) is 96.4 cm³/mol. The Kier molecular flexibility index (Phi) is 3.93. The minimum absolute atomic E-state index is 0.0623. The van der Waals surface area contributed by atoms with Crippen LogP contribution in [0.2, 0.25) is 0 Å². The van der Waals surface area contributed by atoms with Crippen LogP contribution in [0.25, 0.3) is 12.2 Å². The van der Waals surface area contributed by atoms with E-state index in [0.29, 0.717) is 17.1 Å². The van der Waals surface area contributed by atoms with Crippen molar-refractivity contribution in [2.24, 2.45) is 0 Å². The van der Waals surface area contributed by atoms with Crippen molar-refractivity contribution < 1.29 is 14.0 Å². The summed E-state index contributed by atoms with van der Waals surface area (Å²) in [4.78, 5) is 25.8. The number of rotatable bonds is 4. The standard InChI is InChI=1S/C20H15N3O3/c1-13-7-9-16-15(11-13)19(24)20(25)23(16)12-18-22-21-17(26-18)10-8-14-5-3-2-4-6-14/h2-11H,12H2,1H3/b10-8+. The third kappa shape index (κ3) is 2.93. The van der Waals surface area contributed by atoms with Gasteiger partial charge in [0, 0.05) is 6.08 Å². The summed E-state index contributed by atoms with van der Waals surface area (Å²) < 4.78 is 5.58. The molecule has 2 heterocycles. The molecule has 0 N–H and O–H groups in total. The second-order valence-electron chi connectivity index (χ2n) is 6.02. The van der Waals surface area contributed by atoms with Crippen molar-refractivity contribution in [2.75, 3.05) is 4.90 Å². The van der Waals surface area contributed by atoms with E-state index in [-0.39, 0.29) is 12.4 Å². The molecular weight excluding hydrogens is 330 g/mol. The fraction of sp³-hybridized carbons (Fsp3) is 0.100. The number of hydrogen-bond donors (Lipinski definition) is 0. The molecule has 6 nitrogen and oxygen atoms in total. The highest BCUT2D eigenvalue weighted by Crippen LogP contribution is 2.30. The Bertz CT molecular complexity index is 1020. The number of fused-ring (bicyclic) bond motifs is 1. The molecule has 0 saturated carbocycles. The van der Waals surface area contributed by atoms with Crippen molar-refractivity contribution >= 4 is 29.5 Å². The number of carbonyl (C=O) groups excluding carboxylic acids is 2. The van der Waals surface area contributed by atoms with Gasteiger partial charge in [0.25, 0.3) is 11.7 Å². The maximum atomic E-state index is 12.3. The van der Waals surface area contributed by atoms with Gasteiger partial charge < -0.3 is 4.42 Å². The number of amides is 1. The molecule has 0 fully saturated rings. The summed E-state index contributed by atoms with van der Waals surface area (Å²) in [5.41, 5.74) is 2.93. The first-order valence-corrected chi connectivity index (χ1v) is 8.14. The van der Waals surface area contributed by atoms with E-state index in [1.54, 1.807) is 18.2 Å². The largest absolute Gasteiger partial charge is 0.419 e. The molecule has 0 saturated heterocycles. The molecule has 1 aromatic heterocycles. The molecule has 4 rings (SSSR count). The van der Waals surface area contributed by atoms with E-state index in [1.807, 2.05) is 49.4 Å². The first kappa shape index (κ1) is 16.0. The monoisotopic (exact) mass is 345 g/mol. The molecule has 1 aliphatic heterocycles. The number of nitrogens with zero attached hydrogens (tertiary/aromatic N) is 3. The number of ketones is 1. The molecule has 1 amide bonds. The smallest absolute Gasteiger partial charge is 0.299 e. The van der Waals surface area contributed by atoms with Gasteiger partial charge in [-0.05, 0) is 30.7 Å². The lowest BCUT2D eigenvalue weighted by molar-refractivity contribution is -0.114. The van der Waals surface area contributed by atoms with Gasteiger partial charge in [0.1, 0.15) is 6.54 Å². The molecule has 0 bridgehead atoms. The Morgan fingerprint density at radius 1 is 1.04 bits per heavy atom. The Balaban J connectivity index is 1.54. The first-order chi connectivity index (χ1) is 12.6. The zero-order valence-electron chi connectivity index (χ0n) is 14.0. The third-order valence-electron chi connectivity index (χ3n) is 4.12. The topological polar surface area (TPSA) is 76.3 Å². The van der Waals surface area contributed by atoms with Crippen molar-refractivity contribution in [1.29, 1.82) is 0 Å². The minimum atomic E-state index is -0.579. The number of Topliss-reactive ketones (excluding diaryl/α,β-unsaturated/α-hetero) is 1. The molecule has 2 aromatic carbocycles. The van der Waals surface area contributed by atoms with Gasteiger partial charge in [-0.2, -0.15) is 0 Å². The van der Waals surface area contributed by atoms with Gasteiger partial charge in [-0.15, -0.1) is 10.2 Å². The van der Waals surface area contributed by atoms with E-state index in [2.05, 4.69) is 10.2 Å². The van der Waals surface area contributed by atoms with Crippen LogP contribution in [0.3, 0.4) is 0 Å². The van der Waals surface area contributed by atoms with Crippen LogP contribution in [-0.4, -0.2) is 21.9 Å². The molecular formula is C20H15N3O3. The van der Waals surface area contributed by atoms with Crippen molar-refractivity contribution in [1.82, 2.24) is 10.2 Å². The number of aryl methyl sites for hydroxylation is 1. The van der Waals surface area contributed by atoms with E-state index in [1.165, 1.54) is 4.90 Å². The summed E-state index contributed by atoms with van der Waals surface area (Å²) in [6, 6.07) is 15.1. The van der Waals surface area contributed by atoms with Crippen LogP contribution in [0.5, 0.6) is 0 Å². The zero-order valence-corrected chi connectivity index (χ0v) is 14.0. The Morgan fingerprint density at radius 2 is 1.85 bits per heavy atom. The van der Waals surface area contributed by atoms with Crippen LogP contribution >= 0.6 is 0 Å². The summed E-state index contributed by atoms with van der Waals surface area (Å²) in [5, 5.41) is 7.93. The van der Waals surface area contributed by atoms with E-state index in [0.717, 1.165) is 11.1 Å². The normalized spacial score (nSPS) is 13.7. The Labute approximate surface area is 149 Å². The van der Waals surface area contributed by atoms with Crippen molar-refractivity contribution in [3.8, 4) is 0 Å². The second kappa shape index (κ2) is 6.40. The van der Waals surface area contributed by atoms with Gasteiger partial charge in [0.05, 0.1) is 11.3 Å². The average molecular weight is 345 g/mol. The number of hydrogen-bond acceptors (Lipinski definition) is 5. The molecule has 3 aromatic rings. The van der Waals surface area contributed by atoms with Crippen LogP contribution < -0.4 is 4.90 Å². The van der Waals surface area contributed by atoms with Gasteiger partial charge in [0.15, 0.2) is 0 Å². The summed E-state index contributed by atoms with van der Waals surface area (Å²) in [6.45, 7) is 1.94. The minimum Gasteiger partial charge on any atom is -0.419 e. The predicted octanol–water partition coefficient (Wildman–Crippen LogP) is 3.28. The van der Waals surface area contributed by atoms with E-state index in [4.69, 9.17) is 4.42 Å². The van der Waals surface area contributed by atoms with Crippen LogP contribution in [0.4, 0.5) is 5.69 Å². The zero-order chi connectivity index (χ0) is 18.1. The highest BCUT2D eigenvalue weighted by Gasteiger charge is 2.36. The van der Waals surface area contributed by atoms with Crippen LogP contribution in [0.1, 0.15) is 33.3 Å². The number of anilines is 1. The molecule has 6 heteroatoms. The molecule has 0 radical (unpaired) electrons. The number of aromatic nitrogens is 2. The summed E-state index contributed by atoms with van der Waals surface area (Å²) in [7, 11) is 0. The summed E-state index contributed by atoms with van der Waals surface area (Å²) in [5.74, 6) is -0.476. The first-order valence-electron chi connectivity index (χ1n) is 8.14. The fourth-order valence-corrected chi connectivity index (χ4v) is 2.84. The van der Waals surface area contributed by atoms with E-state index in [9.17, 15) is 9.59 Å². The SMILES string of the molecule is Cc1ccc2c(c1)C(=O)C(=O)N2Cc1nnc(/C=C/c2ccccc2)o1. The Hall–Kier alpha value is -3.54. The quantitative estimate of drug-likeness (QED) is 0.678. The third-order valence-corrected chi connectivity index (χ3v) is 4.12. The van der Waals surface area contributed by atoms with Crippen molar-refractivity contribution in [2.45, 2.75) is 13.5 Å². The Morgan fingerprint density at radius 3 is 2.65 bits per heavy atom. The van der Waals surface area contributed by atoms with Gasteiger partial charge in [0.2, 0.25) is 11.8 Å². The van der Waals surface area contributed by atoms with Gasteiger partial charge in [-0.1, -0.05) is 42.0 Å². The van der Waals surface area contributed by atoms with E-state index >= 15 is 0 Å². The van der Waals surface area contributed by atoms with Gasteiger partial charge in [-0.3, -0.25) is 14.5 Å². The number of benzene rings is 2. The summed E-state index contributed by atoms with van der Waals surface area (Å²) in [6.07, 6.45) is 3.57. The summed E-state index contributed by atoms with van der Waals surface area (Å²) >= 11 is 0. The van der Waals surface area contributed by atoms with Gasteiger partial charge >= 0.3 is 0 Å². The lowest BCUT2D eigenvalue weighted by Crippen LogP contribution is -2.29. The van der Waals surface area contributed by atoms with Crippen LogP contribution in [0, 0.1) is 6.92 Å². The van der Waals surface area contributed by atoms with Crippen molar-refractivity contribution in [3.05, 3.63) is 77.0 Å². The maximum Gasteiger partial charge on any atom is 0.299 e. The molecule has 128 valence electrons. The molecule has 0 atom stereocenters. The lowest BCUT2D eigenvalue weighted by Gasteiger charge is -2.13. The average Bonchev–Trinajstić information content (AvgIpc) is 3.20. The van der Waals surface area contributed by atoms with Crippen LogP contribution in [-0.2, 0) is 11.3 Å². The van der Waals surface area contributed by atoms with Crippen LogP contribution in [0.15, 0.2) is 52.9 Å². The second-order valence-corrected chi connectivity index (χ2v) is 6.02. The molecule has 26 heavy (non-hydrogen) atoms. The number of carbonyl (C=O) groups is 2. The lowest BCUT2D eigenvalue weighted by atomic mass is 10.1. The van der Waals surface area contributed by atoms with E-state index < -0.39 is 11.7 Å². The molecule has 0 unspecified atom stereocenters. The molecule has 0 spiro atoms. The maximum absolute atomic E-state index is 12.3. The van der Waals surface area contributed by atoms with Crippen molar-refractivity contribution in [3.63, 3.8) is 0 Å². The van der Waals surface area contributed by atoms with Gasteiger partial charge in [-0.25, -0.2) is 0 Å². The fourth-order valence-electron chi connectivity index (χ4n) is 2.84. The highest BCUT2D eigenvalue weighted by atomic mass is 16.4. The molecule has 1 aliphatic rings. The molecule has 0 aliphatic carbocycles. The highest BCUT2D eigenvalue weighted by molar-refractivity contribution is 6.52.